The first-order chi connectivity index (χ1) is 14.8. The highest BCUT2D eigenvalue weighted by Crippen LogP contribution is 2.45. The lowest BCUT2D eigenvalue weighted by Gasteiger charge is -2.39. The van der Waals surface area contributed by atoms with E-state index in [0.717, 1.165) is 31.7 Å². The number of amides is 2. The molecular formula is C24H36N4O3. The molecule has 4 heterocycles. The third kappa shape index (κ3) is 4.71. The van der Waals surface area contributed by atoms with Gasteiger partial charge in [-0.05, 0) is 30.4 Å². The van der Waals surface area contributed by atoms with Gasteiger partial charge in [0.15, 0.2) is 0 Å². The second kappa shape index (κ2) is 8.77. The van der Waals surface area contributed by atoms with Crippen molar-refractivity contribution in [2.45, 2.75) is 40.0 Å². The summed E-state index contributed by atoms with van der Waals surface area (Å²) in [4.78, 5) is 37.8. The Morgan fingerprint density at radius 1 is 1.13 bits per heavy atom. The van der Waals surface area contributed by atoms with Gasteiger partial charge in [-0.25, -0.2) is 4.98 Å². The van der Waals surface area contributed by atoms with Gasteiger partial charge in [-0.15, -0.1) is 0 Å². The molecule has 7 nitrogen and oxygen atoms in total. The molecule has 0 saturated carbocycles. The van der Waals surface area contributed by atoms with Crippen LogP contribution in [0, 0.1) is 16.7 Å². The number of pyridine rings is 1. The van der Waals surface area contributed by atoms with Gasteiger partial charge in [0.05, 0.1) is 18.6 Å². The van der Waals surface area contributed by atoms with Crippen LogP contribution < -0.4 is 4.90 Å². The summed E-state index contributed by atoms with van der Waals surface area (Å²) >= 11 is 0. The van der Waals surface area contributed by atoms with Crippen molar-refractivity contribution >= 4 is 17.6 Å². The smallest absolute Gasteiger partial charge is 0.231 e. The van der Waals surface area contributed by atoms with E-state index in [-0.39, 0.29) is 23.1 Å². The van der Waals surface area contributed by atoms with E-state index in [2.05, 4.69) is 30.7 Å². The predicted molar refractivity (Wildman–Crippen MR) is 120 cm³/mol. The van der Waals surface area contributed by atoms with Gasteiger partial charge in [0.1, 0.15) is 5.82 Å². The van der Waals surface area contributed by atoms with Gasteiger partial charge < -0.3 is 19.4 Å². The van der Waals surface area contributed by atoms with E-state index in [1.807, 2.05) is 28.0 Å². The Hall–Kier alpha value is -2.15. The Kier molecular flexibility index (Phi) is 6.24. The van der Waals surface area contributed by atoms with Crippen molar-refractivity contribution in [2.24, 2.45) is 16.7 Å². The molecule has 0 spiro atoms. The number of hydrogen-bond donors (Lipinski definition) is 0. The van der Waals surface area contributed by atoms with Crippen LogP contribution in [0.1, 0.15) is 40.0 Å². The molecule has 0 aliphatic carbocycles. The molecule has 0 bridgehead atoms. The summed E-state index contributed by atoms with van der Waals surface area (Å²) in [5.74, 6) is 1.47. The molecule has 31 heavy (non-hydrogen) atoms. The summed E-state index contributed by atoms with van der Waals surface area (Å²) in [6.07, 6.45) is 4.02. The molecule has 4 rings (SSSR count). The maximum Gasteiger partial charge on any atom is 0.231 e. The van der Waals surface area contributed by atoms with E-state index in [1.165, 1.54) is 0 Å². The third-order valence-electron chi connectivity index (χ3n) is 6.92. The summed E-state index contributed by atoms with van der Waals surface area (Å²) in [5.41, 5.74) is -0.509. The number of likely N-dealkylation sites (tertiary alicyclic amines) is 1. The number of carbonyl (C=O) groups excluding carboxylic acids is 2. The monoisotopic (exact) mass is 428 g/mol. The second-order valence-electron chi connectivity index (χ2n) is 10.5. The third-order valence-corrected chi connectivity index (χ3v) is 6.92. The van der Waals surface area contributed by atoms with Gasteiger partial charge in [0, 0.05) is 57.8 Å². The minimum atomic E-state index is -0.467. The van der Waals surface area contributed by atoms with E-state index in [9.17, 15) is 9.59 Å². The number of aromatic nitrogens is 1. The van der Waals surface area contributed by atoms with Crippen molar-refractivity contribution in [3.8, 4) is 0 Å². The Morgan fingerprint density at radius 3 is 2.58 bits per heavy atom. The number of morpholine rings is 1. The van der Waals surface area contributed by atoms with Crippen LogP contribution in [0.2, 0.25) is 0 Å². The van der Waals surface area contributed by atoms with Crippen LogP contribution in [0.15, 0.2) is 24.4 Å². The lowest BCUT2D eigenvalue weighted by molar-refractivity contribution is -0.148. The number of ether oxygens (including phenoxy) is 1. The normalized spacial score (nSPS) is 27.1. The second-order valence-corrected chi connectivity index (χ2v) is 10.5. The molecule has 3 aliphatic heterocycles. The van der Waals surface area contributed by atoms with Crippen molar-refractivity contribution in [3.63, 3.8) is 0 Å². The molecule has 0 unspecified atom stereocenters. The molecule has 1 aromatic heterocycles. The molecule has 3 fully saturated rings. The van der Waals surface area contributed by atoms with Crippen LogP contribution >= 0.6 is 0 Å². The highest BCUT2D eigenvalue weighted by molar-refractivity contribution is 5.85. The lowest BCUT2D eigenvalue weighted by Crippen LogP contribution is -2.53. The number of fused-ring (bicyclic) bond motifs is 1. The van der Waals surface area contributed by atoms with Crippen LogP contribution in [-0.2, 0) is 14.3 Å². The number of nitrogens with zero attached hydrogens (tertiary/aromatic N) is 4. The molecule has 0 radical (unpaired) electrons. The Labute approximate surface area is 185 Å². The van der Waals surface area contributed by atoms with E-state index >= 15 is 0 Å². The van der Waals surface area contributed by atoms with Gasteiger partial charge in [-0.1, -0.05) is 26.8 Å². The van der Waals surface area contributed by atoms with Crippen molar-refractivity contribution in [2.75, 3.05) is 57.4 Å². The van der Waals surface area contributed by atoms with Crippen LogP contribution in [-0.4, -0.2) is 79.1 Å². The van der Waals surface area contributed by atoms with Crippen molar-refractivity contribution in [1.82, 2.24) is 14.8 Å². The molecule has 3 aliphatic rings. The number of rotatable bonds is 3. The maximum absolute atomic E-state index is 13.9. The van der Waals surface area contributed by atoms with E-state index in [0.29, 0.717) is 45.8 Å². The van der Waals surface area contributed by atoms with Crippen molar-refractivity contribution in [3.05, 3.63) is 24.4 Å². The quantitative estimate of drug-likeness (QED) is 0.740. The zero-order chi connectivity index (χ0) is 22.1. The van der Waals surface area contributed by atoms with Crippen LogP contribution in [0.3, 0.4) is 0 Å². The Balaban J connectivity index is 1.61. The Bertz CT molecular complexity index is 788. The van der Waals surface area contributed by atoms with E-state index in [1.54, 1.807) is 6.20 Å². The molecule has 1 aromatic rings. The molecular weight excluding hydrogens is 392 g/mol. The fourth-order valence-electron chi connectivity index (χ4n) is 5.37. The van der Waals surface area contributed by atoms with Gasteiger partial charge in [-0.3, -0.25) is 9.59 Å². The first-order valence-electron chi connectivity index (χ1n) is 11.6. The largest absolute Gasteiger partial charge is 0.378 e. The summed E-state index contributed by atoms with van der Waals surface area (Å²) in [6, 6.07) is 5.92. The molecule has 0 N–H and O–H groups in total. The molecule has 0 aromatic carbocycles. The van der Waals surface area contributed by atoms with E-state index < -0.39 is 5.41 Å². The molecule has 2 atom stereocenters. The average Bonchev–Trinajstić information content (AvgIpc) is 3.02. The highest BCUT2D eigenvalue weighted by atomic mass is 16.5. The minimum absolute atomic E-state index is 0.0419. The van der Waals surface area contributed by atoms with E-state index in [4.69, 9.17) is 4.74 Å². The lowest BCUT2D eigenvalue weighted by atomic mass is 9.73. The first kappa shape index (κ1) is 22.1. The summed E-state index contributed by atoms with van der Waals surface area (Å²) in [5, 5.41) is 0. The van der Waals surface area contributed by atoms with Gasteiger partial charge in [0.25, 0.3) is 0 Å². The highest BCUT2D eigenvalue weighted by Gasteiger charge is 2.55. The van der Waals surface area contributed by atoms with Crippen LogP contribution in [0.4, 0.5) is 5.82 Å². The number of carbonyl (C=O) groups is 2. The summed E-state index contributed by atoms with van der Waals surface area (Å²) in [6.45, 7) is 11.7. The molecule has 3 saturated heterocycles. The van der Waals surface area contributed by atoms with Gasteiger partial charge >= 0.3 is 0 Å². The van der Waals surface area contributed by atoms with Gasteiger partial charge in [-0.2, -0.15) is 0 Å². The first-order valence-corrected chi connectivity index (χ1v) is 11.6. The maximum atomic E-state index is 13.9. The fraction of sp³-hybridized carbons (Fsp3) is 0.708. The van der Waals surface area contributed by atoms with Crippen LogP contribution in [0.5, 0.6) is 0 Å². The predicted octanol–water partition coefficient (Wildman–Crippen LogP) is 2.42. The summed E-state index contributed by atoms with van der Waals surface area (Å²) in [7, 11) is 0. The van der Waals surface area contributed by atoms with Crippen molar-refractivity contribution in [1.29, 1.82) is 0 Å². The zero-order valence-electron chi connectivity index (χ0n) is 19.2. The Morgan fingerprint density at radius 2 is 1.90 bits per heavy atom. The number of hydrogen-bond acceptors (Lipinski definition) is 5. The van der Waals surface area contributed by atoms with Crippen LogP contribution in [0.25, 0.3) is 0 Å². The zero-order valence-corrected chi connectivity index (χ0v) is 19.2. The number of anilines is 1. The standard InChI is InChI=1S/C24H36N4O3/c1-23(2,3)15-21(29)27-10-6-8-24(22(30)26-11-13-31-14-12-26)18-28(17-19(24)16-27)20-7-4-5-9-25-20/h4-5,7,9,19H,6,8,10-18H2,1-3H3/t19-,24-/m0/s1. The molecule has 170 valence electrons. The minimum Gasteiger partial charge on any atom is -0.378 e. The summed E-state index contributed by atoms with van der Waals surface area (Å²) < 4.78 is 5.49. The molecule has 2 amide bonds. The SMILES string of the molecule is CC(C)(C)CC(=O)N1CCC[C@]2(C(=O)N3CCOCC3)CN(c3ccccn3)C[C@@H]2C1. The average molecular weight is 429 g/mol. The topological polar surface area (TPSA) is 66.0 Å². The van der Waals surface area contributed by atoms with Gasteiger partial charge in [0.2, 0.25) is 11.8 Å². The molecule has 7 heteroatoms. The van der Waals surface area contributed by atoms with Crippen molar-refractivity contribution < 1.29 is 14.3 Å². The fourth-order valence-corrected chi connectivity index (χ4v) is 5.37.